The minimum atomic E-state index is -0.883. The van der Waals surface area contributed by atoms with E-state index in [0.29, 0.717) is 28.4 Å². The maximum atomic E-state index is 11.2. The van der Waals surface area contributed by atoms with Crippen LogP contribution < -0.4 is 0 Å². The molecule has 0 aliphatic rings. The Morgan fingerprint density at radius 3 is 2.94 bits per heavy atom. The Morgan fingerprint density at radius 2 is 2.35 bits per heavy atom. The number of rotatable bonds is 3. The average Bonchev–Trinajstić information content (AvgIpc) is 2.55. The number of aryl methyl sites for hydroxylation is 1. The van der Waals surface area contributed by atoms with E-state index in [1.54, 1.807) is 17.6 Å². The first kappa shape index (κ1) is 11.9. The van der Waals surface area contributed by atoms with Gasteiger partial charge in [-0.2, -0.15) is 0 Å². The molecule has 2 aromatic heterocycles. The molecule has 0 spiro atoms. The molecule has 2 rings (SSSR count). The van der Waals surface area contributed by atoms with Gasteiger partial charge in [0.2, 0.25) is 0 Å². The molecule has 0 bridgehead atoms. The highest BCUT2D eigenvalue weighted by Crippen LogP contribution is 2.23. The normalized spacial score (nSPS) is 12.9. The molecule has 0 saturated carbocycles. The summed E-state index contributed by atoms with van der Waals surface area (Å²) in [6.07, 6.45) is 1.97. The van der Waals surface area contributed by atoms with E-state index in [1.807, 2.05) is 6.92 Å². The maximum Gasteiger partial charge on any atom is 0.326 e. The fourth-order valence-corrected chi connectivity index (χ4v) is 2.06. The molecule has 0 amide bonds. The molecule has 0 fully saturated rings. The van der Waals surface area contributed by atoms with Crippen LogP contribution in [0, 0.1) is 6.92 Å². The van der Waals surface area contributed by atoms with Crippen molar-refractivity contribution in [2.75, 3.05) is 0 Å². The molecule has 0 aliphatic carbocycles. The highest BCUT2D eigenvalue weighted by Gasteiger charge is 2.22. The van der Waals surface area contributed by atoms with E-state index in [0.717, 1.165) is 0 Å². The van der Waals surface area contributed by atoms with Crippen LogP contribution >= 0.6 is 11.6 Å². The van der Waals surface area contributed by atoms with Gasteiger partial charge in [0.25, 0.3) is 0 Å². The fourth-order valence-electron chi connectivity index (χ4n) is 1.91. The molecule has 17 heavy (non-hydrogen) atoms. The molecule has 6 heteroatoms. The van der Waals surface area contributed by atoms with Gasteiger partial charge in [0.15, 0.2) is 5.65 Å². The maximum absolute atomic E-state index is 11.2. The minimum absolute atomic E-state index is 0.478. The number of fused-ring (bicyclic) bond motifs is 1. The zero-order chi connectivity index (χ0) is 12.6. The number of nitrogens with zero attached hydrogens (tertiary/aromatic N) is 3. The Hall–Kier alpha value is -1.62. The molecular formula is C11H12ClN3O2. The lowest BCUT2D eigenvalue weighted by Gasteiger charge is -2.13. The van der Waals surface area contributed by atoms with E-state index in [9.17, 15) is 9.90 Å². The topological polar surface area (TPSA) is 68.0 Å². The van der Waals surface area contributed by atoms with Crippen molar-refractivity contribution in [1.82, 2.24) is 14.5 Å². The van der Waals surface area contributed by atoms with E-state index < -0.39 is 12.0 Å². The Kier molecular flexibility index (Phi) is 3.02. The van der Waals surface area contributed by atoms with Crippen molar-refractivity contribution in [2.24, 2.45) is 0 Å². The predicted octanol–water partition coefficient (Wildman–Crippen LogP) is 2.43. The van der Waals surface area contributed by atoms with Gasteiger partial charge >= 0.3 is 5.97 Å². The highest BCUT2D eigenvalue weighted by molar-refractivity contribution is 6.31. The lowest BCUT2D eigenvalue weighted by Crippen LogP contribution is -2.19. The summed E-state index contributed by atoms with van der Waals surface area (Å²) in [7, 11) is 0. The molecule has 0 aromatic carbocycles. The summed E-state index contributed by atoms with van der Waals surface area (Å²) in [5.74, 6) is -0.254. The molecule has 2 heterocycles. The molecular weight excluding hydrogens is 242 g/mol. The molecule has 0 radical (unpaired) electrons. The van der Waals surface area contributed by atoms with E-state index in [1.165, 1.54) is 6.20 Å². The summed E-state index contributed by atoms with van der Waals surface area (Å²) < 4.78 is 1.63. The zero-order valence-corrected chi connectivity index (χ0v) is 10.3. The number of pyridine rings is 1. The number of carbonyl (C=O) groups is 1. The van der Waals surface area contributed by atoms with E-state index in [2.05, 4.69) is 9.97 Å². The van der Waals surface area contributed by atoms with Gasteiger partial charge in [0.05, 0.1) is 5.02 Å². The molecule has 1 atom stereocenters. The first-order valence-electron chi connectivity index (χ1n) is 5.27. The molecule has 1 unspecified atom stereocenters. The fraction of sp³-hybridized carbons (Fsp3) is 0.364. The van der Waals surface area contributed by atoms with Crippen molar-refractivity contribution < 1.29 is 9.90 Å². The lowest BCUT2D eigenvalue weighted by molar-refractivity contribution is -0.140. The van der Waals surface area contributed by atoms with Gasteiger partial charge in [-0.05, 0) is 19.4 Å². The molecule has 0 saturated heterocycles. The van der Waals surface area contributed by atoms with Gasteiger partial charge in [-0.25, -0.2) is 14.8 Å². The van der Waals surface area contributed by atoms with Crippen LogP contribution in [0.5, 0.6) is 0 Å². The van der Waals surface area contributed by atoms with Gasteiger partial charge in [0.1, 0.15) is 17.4 Å². The van der Waals surface area contributed by atoms with Crippen LogP contribution in [-0.2, 0) is 4.79 Å². The van der Waals surface area contributed by atoms with E-state index in [4.69, 9.17) is 11.6 Å². The van der Waals surface area contributed by atoms with Gasteiger partial charge < -0.3 is 5.11 Å². The number of hydrogen-bond acceptors (Lipinski definition) is 3. The summed E-state index contributed by atoms with van der Waals surface area (Å²) in [6, 6.07) is 1.04. The highest BCUT2D eigenvalue weighted by atomic mass is 35.5. The van der Waals surface area contributed by atoms with Gasteiger partial charge in [-0.1, -0.05) is 18.5 Å². The number of aromatic nitrogens is 3. The number of carboxylic acid groups (broad SMARTS) is 1. The largest absolute Gasteiger partial charge is 0.480 e. The Labute approximate surface area is 103 Å². The van der Waals surface area contributed by atoms with Crippen molar-refractivity contribution in [3.05, 3.63) is 23.1 Å². The summed E-state index contributed by atoms with van der Waals surface area (Å²) in [6.45, 7) is 3.58. The van der Waals surface area contributed by atoms with Gasteiger partial charge in [-0.15, -0.1) is 0 Å². The second-order valence-corrected chi connectivity index (χ2v) is 4.22. The SMILES string of the molecule is CCC(C(=O)O)n1c(C)nc2cc(Cl)cnc21. The molecule has 0 aliphatic heterocycles. The van der Waals surface area contributed by atoms with Crippen molar-refractivity contribution in [3.8, 4) is 0 Å². The Balaban J connectivity index is 2.68. The van der Waals surface area contributed by atoms with Crippen LogP contribution in [0.1, 0.15) is 25.2 Å². The molecule has 2 aromatic rings. The van der Waals surface area contributed by atoms with Crippen LogP contribution in [0.15, 0.2) is 12.3 Å². The molecule has 90 valence electrons. The number of carboxylic acids is 1. The second kappa shape index (κ2) is 4.33. The number of imidazole rings is 1. The van der Waals surface area contributed by atoms with E-state index >= 15 is 0 Å². The third-order valence-corrected chi connectivity index (χ3v) is 2.86. The quantitative estimate of drug-likeness (QED) is 0.912. The second-order valence-electron chi connectivity index (χ2n) is 3.79. The smallest absolute Gasteiger partial charge is 0.326 e. The van der Waals surface area contributed by atoms with Crippen LogP contribution in [0.3, 0.4) is 0 Å². The van der Waals surface area contributed by atoms with E-state index in [-0.39, 0.29) is 0 Å². The van der Waals surface area contributed by atoms with Crippen molar-refractivity contribution >= 4 is 28.7 Å². The lowest BCUT2D eigenvalue weighted by atomic mass is 10.2. The van der Waals surface area contributed by atoms with Crippen molar-refractivity contribution in [2.45, 2.75) is 26.3 Å². The predicted molar refractivity (Wildman–Crippen MR) is 64.2 cm³/mol. The van der Waals surface area contributed by atoms with Crippen molar-refractivity contribution in [3.63, 3.8) is 0 Å². The summed E-state index contributed by atoms with van der Waals surface area (Å²) >= 11 is 5.83. The standard InChI is InChI=1S/C11H12ClN3O2/c1-3-9(11(16)17)15-6(2)14-8-4-7(12)5-13-10(8)15/h4-5,9H,3H2,1-2H3,(H,16,17). The average molecular weight is 254 g/mol. The molecule has 1 N–H and O–H groups in total. The monoisotopic (exact) mass is 253 g/mol. The first-order chi connectivity index (χ1) is 8.04. The molecule has 5 nitrogen and oxygen atoms in total. The summed E-state index contributed by atoms with van der Waals surface area (Å²) in [5.41, 5.74) is 1.18. The Bertz CT molecular complexity index is 579. The van der Waals surface area contributed by atoms with Gasteiger partial charge in [0, 0.05) is 6.20 Å². The van der Waals surface area contributed by atoms with Crippen LogP contribution in [0.4, 0.5) is 0 Å². The number of hydrogen-bond donors (Lipinski definition) is 1. The van der Waals surface area contributed by atoms with Crippen molar-refractivity contribution in [1.29, 1.82) is 0 Å². The Morgan fingerprint density at radius 1 is 1.65 bits per heavy atom. The first-order valence-corrected chi connectivity index (χ1v) is 5.65. The zero-order valence-electron chi connectivity index (χ0n) is 9.51. The minimum Gasteiger partial charge on any atom is -0.480 e. The number of aliphatic carboxylic acids is 1. The third kappa shape index (κ3) is 1.98. The van der Waals surface area contributed by atoms with Gasteiger partial charge in [-0.3, -0.25) is 4.57 Å². The van der Waals surface area contributed by atoms with Crippen LogP contribution in [0.2, 0.25) is 5.02 Å². The van der Waals surface area contributed by atoms with Crippen LogP contribution in [0.25, 0.3) is 11.2 Å². The number of halogens is 1. The summed E-state index contributed by atoms with van der Waals surface area (Å²) in [5, 5.41) is 9.67. The third-order valence-electron chi connectivity index (χ3n) is 2.66. The summed E-state index contributed by atoms with van der Waals surface area (Å²) in [4.78, 5) is 19.6. The van der Waals surface area contributed by atoms with Crippen LogP contribution in [-0.4, -0.2) is 25.6 Å².